The van der Waals surface area contributed by atoms with E-state index in [9.17, 15) is 4.79 Å². The fourth-order valence-corrected chi connectivity index (χ4v) is 0.611. The maximum absolute atomic E-state index is 10.5. The number of hydrogen-bond acceptors (Lipinski definition) is 3. The van der Waals surface area contributed by atoms with Crippen molar-refractivity contribution in [3.05, 3.63) is 24.2 Å². The predicted molar refractivity (Wildman–Crippen MR) is 32.3 cm³/mol. The lowest BCUT2D eigenvalue weighted by Gasteiger charge is -1.92. The van der Waals surface area contributed by atoms with E-state index in [2.05, 4.69) is 0 Å². The van der Waals surface area contributed by atoms with Crippen LogP contribution in [-0.4, -0.2) is 11.1 Å². The van der Waals surface area contributed by atoms with E-state index in [0.717, 1.165) is 0 Å². The number of carbonyl (C=O) groups excluding carboxylic acids is 1. The minimum Gasteiger partial charge on any atom is -0.469 e. The molecule has 1 aromatic heterocycles. The van der Waals surface area contributed by atoms with Gasteiger partial charge in [-0.05, 0) is 12.1 Å². The Balaban J connectivity index is 2.48. The van der Waals surface area contributed by atoms with Gasteiger partial charge in [-0.1, -0.05) is 0 Å². The molecule has 4 nitrogen and oxygen atoms in total. The highest BCUT2D eigenvalue weighted by Gasteiger charge is 2.02. The van der Waals surface area contributed by atoms with Gasteiger partial charge in [0.1, 0.15) is 5.76 Å². The molecule has 0 atom stereocenters. The molecule has 4 heteroatoms. The quantitative estimate of drug-likeness (QED) is 0.460. The van der Waals surface area contributed by atoms with Crippen LogP contribution in [0.25, 0.3) is 0 Å². The molecule has 0 bridgehead atoms. The molecule has 54 valence electrons. The second-order valence-electron chi connectivity index (χ2n) is 1.79. The number of nitrogens with one attached hydrogen (secondary N) is 1. The third-order valence-electron chi connectivity index (χ3n) is 1.04. The van der Waals surface area contributed by atoms with Crippen molar-refractivity contribution in [1.82, 2.24) is 5.48 Å². The van der Waals surface area contributed by atoms with E-state index in [1.54, 1.807) is 12.1 Å². The molecule has 1 heterocycles. The zero-order valence-electron chi connectivity index (χ0n) is 5.20. The van der Waals surface area contributed by atoms with E-state index in [1.165, 1.54) is 11.7 Å². The van der Waals surface area contributed by atoms with Crippen molar-refractivity contribution in [1.29, 1.82) is 0 Å². The highest BCUT2D eigenvalue weighted by atomic mass is 16.5. The molecule has 0 aliphatic rings. The Hall–Kier alpha value is -1.29. The minimum absolute atomic E-state index is 0.0729. The number of rotatable bonds is 2. The van der Waals surface area contributed by atoms with Crippen molar-refractivity contribution in [3.8, 4) is 0 Å². The molecule has 0 unspecified atom stereocenters. The zero-order chi connectivity index (χ0) is 7.40. The summed E-state index contributed by atoms with van der Waals surface area (Å²) in [5.74, 6) is 0.0569. The zero-order valence-corrected chi connectivity index (χ0v) is 5.20. The standard InChI is InChI=1S/C6H7NO3/c8-6(7-9)4-5-2-1-3-10-5/h1-3,9H,4H2,(H,7,8). The van der Waals surface area contributed by atoms with Crippen LogP contribution < -0.4 is 5.48 Å². The van der Waals surface area contributed by atoms with Gasteiger partial charge in [-0.25, -0.2) is 5.48 Å². The van der Waals surface area contributed by atoms with Crippen molar-refractivity contribution in [2.24, 2.45) is 0 Å². The van der Waals surface area contributed by atoms with Gasteiger partial charge in [-0.2, -0.15) is 0 Å². The largest absolute Gasteiger partial charge is 0.469 e. The molecule has 0 spiro atoms. The molecule has 0 fully saturated rings. The smallest absolute Gasteiger partial charge is 0.250 e. The average molecular weight is 141 g/mol. The number of furan rings is 1. The van der Waals surface area contributed by atoms with Crippen LogP contribution in [0.3, 0.4) is 0 Å². The van der Waals surface area contributed by atoms with Gasteiger partial charge in [-0.3, -0.25) is 10.0 Å². The van der Waals surface area contributed by atoms with Crippen LogP contribution in [0.15, 0.2) is 22.8 Å². The van der Waals surface area contributed by atoms with E-state index in [0.29, 0.717) is 5.76 Å². The molecule has 0 saturated heterocycles. The van der Waals surface area contributed by atoms with Crippen molar-refractivity contribution >= 4 is 5.91 Å². The third-order valence-corrected chi connectivity index (χ3v) is 1.04. The number of amides is 1. The third kappa shape index (κ3) is 1.60. The van der Waals surface area contributed by atoms with E-state index >= 15 is 0 Å². The summed E-state index contributed by atoms with van der Waals surface area (Å²) in [6.45, 7) is 0. The SMILES string of the molecule is O=C(Cc1ccco1)NO. The van der Waals surface area contributed by atoms with Crippen LogP contribution >= 0.6 is 0 Å². The molecule has 0 saturated carbocycles. The summed E-state index contributed by atoms with van der Waals surface area (Å²) in [4.78, 5) is 10.5. The molecule has 10 heavy (non-hydrogen) atoms. The number of hydroxylamine groups is 1. The van der Waals surface area contributed by atoms with Gasteiger partial charge in [0.25, 0.3) is 5.91 Å². The second kappa shape index (κ2) is 3.03. The van der Waals surface area contributed by atoms with Crippen LogP contribution in [0.5, 0.6) is 0 Å². The molecular formula is C6H7NO3. The van der Waals surface area contributed by atoms with Crippen LogP contribution in [-0.2, 0) is 11.2 Å². The highest BCUT2D eigenvalue weighted by Crippen LogP contribution is 1.99. The van der Waals surface area contributed by atoms with Gasteiger partial charge in [0.2, 0.25) is 0 Å². The van der Waals surface area contributed by atoms with Crippen LogP contribution in [0.2, 0.25) is 0 Å². The van der Waals surface area contributed by atoms with Crippen LogP contribution in [0, 0.1) is 0 Å². The first-order chi connectivity index (χ1) is 4.83. The first-order valence-corrected chi connectivity index (χ1v) is 2.78. The Morgan fingerprint density at radius 3 is 3.10 bits per heavy atom. The number of hydrogen-bond donors (Lipinski definition) is 2. The Labute approximate surface area is 57.4 Å². The van der Waals surface area contributed by atoms with E-state index in [-0.39, 0.29) is 6.42 Å². The highest BCUT2D eigenvalue weighted by molar-refractivity contribution is 5.76. The first kappa shape index (κ1) is 6.82. The second-order valence-corrected chi connectivity index (χ2v) is 1.79. The van der Waals surface area contributed by atoms with Gasteiger partial charge >= 0.3 is 0 Å². The Morgan fingerprint density at radius 2 is 2.60 bits per heavy atom. The average Bonchev–Trinajstić information content (AvgIpc) is 2.40. The maximum atomic E-state index is 10.5. The summed E-state index contributed by atoms with van der Waals surface area (Å²) in [7, 11) is 0. The molecule has 1 aromatic rings. The number of carbonyl (C=O) groups is 1. The summed E-state index contributed by atoms with van der Waals surface area (Å²) >= 11 is 0. The topological polar surface area (TPSA) is 62.5 Å². The molecule has 0 aromatic carbocycles. The van der Waals surface area contributed by atoms with E-state index in [4.69, 9.17) is 9.62 Å². The fraction of sp³-hybridized carbons (Fsp3) is 0.167. The summed E-state index contributed by atoms with van der Waals surface area (Å²) in [5, 5.41) is 8.09. The lowest BCUT2D eigenvalue weighted by molar-refractivity contribution is -0.128. The molecular weight excluding hydrogens is 134 g/mol. The summed E-state index contributed by atoms with van der Waals surface area (Å²) < 4.78 is 4.83. The maximum Gasteiger partial charge on any atom is 0.250 e. The molecule has 2 N–H and O–H groups in total. The molecule has 0 aliphatic heterocycles. The minimum atomic E-state index is -0.477. The normalized spacial score (nSPS) is 9.30. The Bertz CT molecular complexity index is 205. The summed E-state index contributed by atoms with van der Waals surface area (Å²) in [5.41, 5.74) is 1.50. The Morgan fingerprint density at radius 1 is 1.80 bits per heavy atom. The molecule has 1 rings (SSSR count). The van der Waals surface area contributed by atoms with E-state index < -0.39 is 5.91 Å². The van der Waals surface area contributed by atoms with E-state index in [1.807, 2.05) is 0 Å². The Kier molecular flexibility index (Phi) is 2.07. The molecule has 0 radical (unpaired) electrons. The molecule has 1 amide bonds. The summed E-state index contributed by atoms with van der Waals surface area (Å²) in [6.07, 6.45) is 1.55. The van der Waals surface area contributed by atoms with Crippen molar-refractivity contribution < 1.29 is 14.4 Å². The lowest BCUT2D eigenvalue weighted by atomic mass is 10.3. The van der Waals surface area contributed by atoms with Gasteiger partial charge < -0.3 is 4.42 Å². The predicted octanol–water partition coefficient (Wildman–Crippen LogP) is 0.328. The first-order valence-electron chi connectivity index (χ1n) is 2.78. The van der Waals surface area contributed by atoms with Gasteiger partial charge in [0, 0.05) is 0 Å². The van der Waals surface area contributed by atoms with Crippen molar-refractivity contribution in [3.63, 3.8) is 0 Å². The van der Waals surface area contributed by atoms with Crippen LogP contribution in [0.4, 0.5) is 0 Å². The van der Waals surface area contributed by atoms with Crippen molar-refractivity contribution in [2.45, 2.75) is 6.42 Å². The van der Waals surface area contributed by atoms with Crippen molar-refractivity contribution in [2.75, 3.05) is 0 Å². The van der Waals surface area contributed by atoms with Gasteiger partial charge in [0.15, 0.2) is 0 Å². The van der Waals surface area contributed by atoms with Gasteiger partial charge in [-0.15, -0.1) is 0 Å². The van der Waals surface area contributed by atoms with Crippen LogP contribution in [0.1, 0.15) is 5.76 Å². The van der Waals surface area contributed by atoms with Gasteiger partial charge in [0.05, 0.1) is 12.7 Å². The summed E-state index contributed by atoms with van der Waals surface area (Å²) in [6, 6.07) is 3.34. The monoisotopic (exact) mass is 141 g/mol. The molecule has 0 aliphatic carbocycles. The lowest BCUT2D eigenvalue weighted by Crippen LogP contribution is -2.20. The fourth-order valence-electron chi connectivity index (χ4n) is 0.611.